The van der Waals surface area contributed by atoms with E-state index in [1.54, 1.807) is 20.3 Å². The van der Waals surface area contributed by atoms with Gasteiger partial charge in [0.15, 0.2) is 0 Å². The first kappa shape index (κ1) is 24.5. The molecule has 0 spiro atoms. The highest BCUT2D eigenvalue weighted by molar-refractivity contribution is 6.32. The maximum atomic E-state index is 6.38. The summed E-state index contributed by atoms with van der Waals surface area (Å²) in [6.07, 6.45) is 8.69. The van der Waals surface area contributed by atoms with Gasteiger partial charge in [0.05, 0.1) is 24.9 Å². The molecule has 2 heterocycles. The number of ether oxygens (including phenoxy) is 2. The first-order valence-electron chi connectivity index (χ1n) is 12.5. The number of methoxy groups -OCH3 is 2. The molecule has 4 aromatic rings. The van der Waals surface area contributed by atoms with Crippen LogP contribution in [0.4, 0.5) is 5.69 Å². The van der Waals surface area contributed by atoms with Crippen LogP contribution in [0.3, 0.4) is 0 Å². The first-order valence-corrected chi connectivity index (χ1v) is 12.9. The Kier molecular flexibility index (Phi) is 7.35. The molecule has 2 N–H and O–H groups in total. The van der Waals surface area contributed by atoms with Gasteiger partial charge in [0.25, 0.3) is 0 Å². The highest BCUT2D eigenvalue weighted by Crippen LogP contribution is 2.38. The minimum atomic E-state index is 0.471. The van der Waals surface area contributed by atoms with Crippen molar-refractivity contribution in [3.8, 4) is 22.8 Å². The molecule has 6 nitrogen and oxygen atoms in total. The number of aryl methyl sites for hydroxylation is 1. The van der Waals surface area contributed by atoms with Crippen LogP contribution in [0.2, 0.25) is 5.02 Å². The molecule has 1 aliphatic rings. The molecule has 0 unspecified atom stereocenters. The number of nitrogens with zero attached hydrogens (tertiary/aromatic N) is 2. The Balaban J connectivity index is 1.22. The van der Waals surface area contributed by atoms with Gasteiger partial charge in [-0.2, -0.15) is 0 Å². The van der Waals surface area contributed by atoms with Crippen molar-refractivity contribution in [3.63, 3.8) is 0 Å². The Morgan fingerprint density at radius 3 is 2.47 bits per heavy atom. The van der Waals surface area contributed by atoms with Crippen molar-refractivity contribution in [1.29, 1.82) is 0 Å². The zero-order valence-corrected chi connectivity index (χ0v) is 21.8. The van der Waals surface area contributed by atoms with Crippen LogP contribution >= 0.6 is 11.6 Å². The fraction of sp³-hybridized carbons (Fsp3) is 0.345. The van der Waals surface area contributed by atoms with Crippen molar-refractivity contribution in [1.82, 2.24) is 14.7 Å². The van der Waals surface area contributed by atoms with E-state index >= 15 is 0 Å². The normalized spacial score (nSPS) is 17.8. The predicted octanol–water partition coefficient (Wildman–Crippen LogP) is 6.49. The van der Waals surface area contributed by atoms with E-state index in [4.69, 9.17) is 26.1 Å². The zero-order valence-electron chi connectivity index (χ0n) is 21.1. The Morgan fingerprint density at radius 2 is 1.72 bits per heavy atom. The van der Waals surface area contributed by atoms with Gasteiger partial charge < -0.3 is 24.5 Å². The largest absolute Gasteiger partial charge is 0.496 e. The number of aromatic nitrogens is 2. The first-order chi connectivity index (χ1) is 17.5. The second kappa shape index (κ2) is 10.8. The molecule has 0 bridgehead atoms. The number of anilines is 1. The molecule has 2 aromatic carbocycles. The number of benzene rings is 2. The molecule has 0 radical (unpaired) electrons. The van der Waals surface area contributed by atoms with E-state index in [-0.39, 0.29) is 0 Å². The molecule has 0 amide bonds. The molecule has 0 atom stereocenters. The second-order valence-corrected chi connectivity index (χ2v) is 9.90. The number of fused-ring (bicyclic) bond motifs is 1. The SMILES string of the molecule is COc1cc(OC)c(-c2cn3ccc(N[C@H]4CC[C@@H](NCc5ccccc5C)CC4)cc3n2)cc1Cl. The molecule has 0 aliphatic heterocycles. The minimum absolute atomic E-state index is 0.471. The Morgan fingerprint density at radius 1 is 0.972 bits per heavy atom. The van der Waals surface area contributed by atoms with Crippen molar-refractivity contribution < 1.29 is 9.47 Å². The predicted molar refractivity (Wildman–Crippen MR) is 146 cm³/mol. The molecule has 1 saturated carbocycles. The molecule has 36 heavy (non-hydrogen) atoms. The Bertz CT molecular complexity index is 1340. The summed E-state index contributed by atoms with van der Waals surface area (Å²) in [6.45, 7) is 3.12. The molecule has 188 valence electrons. The quantitative estimate of drug-likeness (QED) is 0.287. The van der Waals surface area contributed by atoms with Crippen LogP contribution in [0, 0.1) is 6.92 Å². The van der Waals surface area contributed by atoms with Crippen LogP contribution in [0.1, 0.15) is 36.8 Å². The Hall–Kier alpha value is -3.22. The van der Waals surface area contributed by atoms with E-state index in [0.29, 0.717) is 28.6 Å². The molecule has 2 aromatic heterocycles. The van der Waals surface area contributed by atoms with Gasteiger partial charge in [-0.1, -0.05) is 35.9 Å². The lowest BCUT2D eigenvalue weighted by Gasteiger charge is -2.30. The topological polar surface area (TPSA) is 59.8 Å². The second-order valence-electron chi connectivity index (χ2n) is 9.49. The van der Waals surface area contributed by atoms with Gasteiger partial charge in [-0.25, -0.2) is 4.98 Å². The fourth-order valence-corrected chi connectivity index (χ4v) is 5.24. The molecule has 0 saturated heterocycles. The van der Waals surface area contributed by atoms with Gasteiger partial charge >= 0.3 is 0 Å². The number of nitrogens with one attached hydrogen (secondary N) is 2. The molecular weight excluding hydrogens is 472 g/mol. The number of imidazole rings is 1. The van der Waals surface area contributed by atoms with E-state index in [2.05, 4.69) is 54.0 Å². The zero-order chi connectivity index (χ0) is 25.1. The van der Waals surface area contributed by atoms with Gasteiger partial charge in [0.2, 0.25) is 0 Å². The van der Waals surface area contributed by atoms with Gasteiger partial charge in [0, 0.05) is 54.4 Å². The van der Waals surface area contributed by atoms with E-state index in [9.17, 15) is 0 Å². The maximum absolute atomic E-state index is 6.38. The van der Waals surface area contributed by atoms with Crippen molar-refractivity contribution in [3.05, 3.63) is 77.1 Å². The number of hydrogen-bond donors (Lipinski definition) is 2. The summed E-state index contributed by atoms with van der Waals surface area (Å²) < 4.78 is 12.9. The third-order valence-corrected chi connectivity index (χ3v) is 7.45. The van der Waals surface area contributed by atoms with E-state index in [1.807, 2.05) is 22.9 Å². The van der Waals surface area contributed by atoms with Crippen molar-refractivity contribution in [2.45, 2.75) is 51.2 Å². The molecule has 1 fully saturated rings. The lowest BCUT2D eigenvalue weighted by atomic mass is 9.90. The monoisotopic (exact) mass is 504 g/mol. The van der Waals surface area contributed by atoms with Crippen molar-refractivity contribution >= 4 is 22.9 Å². The van der Waals surface area contributed by atoms with Gasteiger partial charge in [-0.15, -0.1) is 0 Å². The molecule has 1 aliphatic carbocycles. The maximum Gasteiger partial charge on any atom is 0.141 e. The lowest BCUT2D eigenvalue weighted by molar-refractivity contribution is 0.352. The van der Waals surface area contributed by atoms with Crippen LogP contribution in [-0.2, 0) is 6.54 Å². The summed E-state index contributed by atoms with van der Waals surface area (Å²) in [6, 6.07) is 17.5. The summed E-state index contributed by atoms with van der Waals surface area (Å²) in [5.41, 5.74) is 6.34. The fourth-order valence-electron chi connectivity index (χ4n) is 5.00. The third kappa shape index (κ3) is 5.30. The molecule has 5 rings (SSSR count). The van der Waals surface area contributed by atoms with Crippen LogP contribution in [0.5, 0.6) is 11.5 Å². The number of hydrogen-bond acceptors (Lipinski definition) is 5. The highest BCUT2D eigenvalue weighted by Gasteiger charge is 2.21. The lowest BCUT2D eigenvalue weighted by Crippen LogP contribution is -2.36. The van der Waals surface area contributed by atoms with E-state index in [1.165, 1.54) is 24.0 Å². The summed E-state index contributed by atoms with van der Waals surface area (Å²) in [7, 11) is 3.23. The van der Waals surface area contributed by atoms with Crippen LogP contribution in [0.25, 0.3) is 16.9 Å². The summed E-state index contributed by atoms with van der Waals surface area (Å²) >= 11 is 6.38. The van der Waals surface area contributed by atoms with Crippen LogP contribution in [0.15, 0.2) is 60.9 Å². The minimum Gasteiger partial charge on any atom is -0.496 e. The smallest absolute Gasteiger partial charge is 0.141 e. The standard InChI is InChI=1S/C29H33ClN4O2/c1-19-6-4-5-7-20(19)17-31-21-8-10-22(11-9-21)32-23-12-13-34-18-26(33-29(34)14-23)24-15-25(30)28(36-3)16-27(24)35-2/h4-7,12-16,18,21-22,31-32H,8-11,17H2,1-3H3/t21-,22+. The summed E-state index contributed by atoms with van der Waals surface area (Å²) in [4.78, 5) is 4.85. The van der Waals surface area contributed by atoms with Gasteiger partial charge in [-0.3, -0.25) is 0 Å². The van der Waals surface area contributed by atoms with Gasteiger partial charge in [0.1, 0.15) is 17.1 Å². The average molecular weight is 505 g/mol. The van der Waals surface area contributed by atoms with Crippen molar-refractivity contribution in [2.75, 3.05) is 19.5 Å². The molecule has 7 heteroatoms. The highest BCUT2D eigenvalue weighted by atomic mass is 35.5. The number of rotatable bonds is 8. The van der Waals surface area contributed by atoms with Crippen molar-refractivity contribution in [2.24, 2.45) is 0 Å². The van der Waals surface area contributed by atoms with Crippen LogP contribution in [-0.4, -0.2) is 35.7 Å². The van der Waals surface area contributed by atoms with E-state index in [0.717, 1.165) is 42.0 Å². The van der Waals surface area contributed by atoms with Gasteiger partial charge in [-0.05, 0) is 55.9 Å². The number of halogens is 1. The number of pyridine rings is 1. The Labute approximate surface area is 217 Å². The summed E-state index contributed by atoms with van der Waals surface area (Å²) in [5, 5.41) is 8.01. The average Bonchev–Trinajstić information content (AvgIpc) is 3.32. The van der Waals surface area contributed by atoms with E-state index < -0.39 is 0 Å². The molecular formula is C29H33ClN4O2. The summed E-state index contributed by atoms with van der Waals surface area (Å²) in [5.74, 6) is 1.25. The van der Waals surface area contributed by atoms with Crippen LogP contribution < -0.4 is 20.1 Å². The third-order valence-electron chi connectivity index (χ3n) is 7.15.